The average Bonchev–Trinajstić information content (AvgIpc) is 2.69. The van der Waals surface area contributed by atoms with Gasteiger partial charge in [-0.2, -0.15) is 0 Å². The number of morpholine rings is 1. The summed E-state index contributed by atoms with van der Waals surface area (Å²) < 4.78 is 5.21. The maximum Gasteiger partial charge on any atom is 0.246 e. The highest BCUT2D eigenvalue weighted by Crippen LogP contribution is 2.37. The number of hydrogen-bond acceptors (Lipinski definition) is 2. The van der Waals surface area contributed by atoms with Gasteiger partial charge in [-0.05, 0) is 19.3 Å². The van der Waals surface area contributed by atoms with Crippen molar-refractivity contribution in [1.29, 1.82) is 0 Å². The van der Waals surface area contributed by atoms with E-state index in [2.05, 4.69) is 12.2 Å². The molecule has 2 rings (SSSR count). The fourth-order valence-electron chi connectivity index (χ4n) is 1.85. The molecule has 0 aromatic heterocycles. The molecular weight excluding hydrogens is 154 g/mol. The molecule has 1 heterocycles. The molecule has 1 aliphatic heterocycles. The van der Waals surface area contributed by atoms with E-state index in [9.17, 15) is 4.79 Å². The quantitative estimate of drug-likeness (QED) is 0.660. The molecule has 1 amide bonds. The third kappa shape index (κ3) is 1.78. The van der Waals surface area contributed by atoms with E-state index in [4.69, 9.17) is 4.74 Å². The standard InChI is InChI=1S/C9H15NO2/c1-9(4-7-2-3-7)6-12-5-8(11)10-9/h7H,2-6H2,1H3,(H,10,11). The molecule has 2 aliphatic rings. The van der Waals surface area contributed by atoms with E-state index in [1.165, 1.54) is 12.8 Å². The van der Waals surface area contributed by atoms with Crippen LogP contribution < -0.4 is 5.32 Å². The molecule has 3 heteroatoms. The van der Waals surface area contributed by atoms with Crippen molar-refractivity contribution in [3.63, 3.8) is 0 Å². The molecule has 0 spiro atoms. The van der Waals surface area contributed by atoms with Crippen LogP contribution in [0.15, 0.2) is 0 Å². The first-order valence-electron chi connectivity index (χ1n) is 4.57. The smallest absolute Gasteiger partial charge is 0.246 e. The molecule has 0 radical (unpaired) electrons. The molecule has 12 heavy (non-hydrogen) atoms. The molecule has 2 fully saturated rings. The summed E-state index contributed by atoms with van der Waals surface area (Å²) in [6, 6.07) is 0. The Bertz CT molecular complexity index is 201. The second-order valence-electron chi connectivity index (χ2n) is 4.25. The minimum atomic E-state index is -0.0868. The lowest BCUT2D eigenvalue weighted by Gasteiger charge is -2.34. The van der Waals surface area contributed by atoms with Gasteiger partial charge in [-0.25, -0.2) is 0 Å². The Balaban J connectivity index is 1.92. The van der Waals surface area contributed by atoms with Gasteiger partial charge in [0, 0.05) is 0 Å². The van der Waals surface area contributed by atoms with Crippen molar-refractivity contribution in [2.75, 3.05) is 13.2 Å². The number of ether oxygens (including phenoxy) is 1. The van der Waals surface area contributed by atoms with Crippen molar-refractivity contribution in [2.45, 2.75) is 31.7 Å². The average molecular weight is 169 g/mol. The van der Waals surface area contributed by atoms with Gasteiger partial charge in [-0.3, -0.25) is 4.79 Å². The summed E-state index contributed by atoms with van der Waals surface area (Å²) in [6.07, 6.45) is 3.73. The number of carbonyl (C=O) groups excluding carboxylic acids is 1. The summed E-state index contributed by atoms with van der Waals surface area (Å²) >= 11 is 0. The van der Waals surface area contributed by atoms with Crippen LogP contribution in [0.3, 0.4) is 0 Å². The molecular formula is C9H15NO2. The van der Waals surface area contributed by atoms with Crippen LogP contribution in [-0.4, -0.2) is 24.7 Å². The van der Waals surface area contributed by atoms with Gasteiger partial charge in [0.05, 0.1) is 12.1 Å². The first-order chi connectivity index (χ1) is 5.68. The molecule has 1 unspecified atom stereocenters. The van der Waals surface area contributed by atoms with E-state index < -0.39 is 0 Å². The Morgan fingerprint density at radius 1 is 1.67 bits per heavy atom. The van der Waals surface area contributed by atoms with Crippen LogP contribution in [0.2, 0.25) is 0 Å². The van der Waals surface area contributed by atoms with Crippen molar-refractivity contribution in [1.82, 2.24) is 5.32 Å². The zero-order valence-corrected chi connectivity index (χ0v) is 7.43. The predicted octanol–water partition coefficient (Wildman–Crippen LogP) is 0.692. The Hall–Kier alpha value is -0.570. The molecule has 1 saturated heterocycles. The summed E-state index contributed by atoms with van der Waals surface area (Å²) in [4.78, 5) is 11.0. The van der Waals surface area contributed by atoms with Crippen LogP contribution in [0.4, 0.5) is 0 Å². The normalized spacial score (nSPS) is 36.2. The lowest BCUT2D eigenvalue weighted by atomic mass is 9.95. The molecule has 1 aliphatic carbocycles. The Kier molecular flexibility index (Phi) is 1.83. The second-order valence-corrected chi connectivity index (χ2v) is 4.25. The number of rotatable bonds is 2. The zero-order chi connectivity index (χ0) is 8.60. The first-order valence-corrected chi connectivity index (χ1v) is 4.57. The van der Waals surface area contributed by atoms with E-state index in [-0.39, 0.29) is 18.1 Å². The van der Waals surface area contributed by atoms with Crippen molar-refractivity contribution in [3.05, 3.63) is 0 Å². The van der Waals surface area contributed by atoms with Crippen LogP contribution in [0.5, 0.6) is 0 Å². The number of amides is 1. The van der Waals surface area contributed by atoms with Crippen molar-refractivity contribution in [2.24, 2.45) is 5.92 Å². The maximum atomic E-state index is 11.0. The third-order valence-corrected chi connectivity index (χ3v) is 2.53. The largest absolute Gasteiger partial charge is 0.369 e. The lowest BCUT2D eigenvalue weighted by Crippen LogP contribution is -2.55. The Morgan fingerprint density at radius 2 is 2.42 bits per heavy atom. The van der Waals surface area contributed by atoms with Gasteiger partial charge in [-0.1, -0.05) is 12.8 Å². The highest BCUT2D eigenvalue weighted by atomic mass is 16.5. The zero-order valence-electron chi connectivity index (χ0n) is 7.43. The van der Waals surface area contributed by atoms with Crippen LogP contribution in [0.1, 0.15) is 26.2 Å². The number of carbonyl (C=O) groups is 1. The summed E-state index contributed by atoms with van der Waals surface area (Å²) in [5.41, 5.74) is -0.0868. The third-order valence-electron chi connectivity index (χ3n) is 2.53. The maximum absolute atomic E-state index is 11.0. The van der Waals surface area contributed by atoms with E-state index in [1.807, 2.05) is 0 Å². The molecule has 0 aromatic carbocycles. The predicted molar refractivity (Wildman–Crippen MR) is 44.7 cm³/mol. The van der Waals surface area contributed by atoms with E-state index in [0.717, 1.165) is 12.3 Å². The van der Waals surface area contributed by atoms with Gasteiger partial charge in [0.1, 0.15) is 6.61 Å². The van der Waals surface area contributed by atoms with Gasteiger partial charge < -0.3 is 10.1 Å². The molecule has 3 nitrogen and oxygen atoms in total. The number of hydrogen-bond donors (Lipinski definition) is 1. The fraction of sp³-hybridized carbons (Fsp3) is 0.889. The summed E-state index contributed by atoms with van der Waals surface area (Å²) in [5, 5.41) is 3.00. The highest BCUT2D eigenvalue weighted by molar-refractivity contribution is 5.78. The Morgan fingerprint density at radius 3 is 3.00 bits per heavy atom. The minimum absolute atomic E-state index is 0.0319. The first kappa shape index (κ1) is 8.05. The van der Waals surface area contributed by atoms with Gasteiger partial charge in [0.15, 0.2) is 0 Å². The molecule has 1 atom stereocenters. The van der Waals surface area contributed by atoms with Gasteiger partial charge >= 0.3 is 0 Å². The van der Waals surface area contributed by atoms with Crippen molar-refractivity contribution >= 4 is 5.91 Å². The molecule has 1 saturated carbocycles. The fourth-order valence-corrected chi connectivity index (χ4v) is 1.85. The van der Waals surface area contributed by atoms with Crippen LogP contribution in [-0.2, 0) is 9.53 Å². The van der Waals surface area contributed by atoms with E-state index in [1.54, 1.807) is 0 Å². The van der Waals surface area contributed by atoms with Crippen LogP contribution in [0, 0.1) is 5.92 Å². The molecule has 1 N–H and O–H groups in total. The molecule has 0 aromatic rings. The second kappa shape index (κ2) is 2.73. The summed E-state index contributed by atoms with van der Waals surface area (Å²) in [6.45, 7) is 2.98. The molecule has 0 bridgehead atoms. The summed E-state index contributed by atoms with van der Waals surface area (Å²) in [5.74, 6) is 0.862. The number of nitrogens with one attached hydrogen (secondary N) is 1. The van der Waals surface area contributed by atoms with E-state index in [0.29, 0.717) is 6.61 Å². The van der Waals surface area contributed by atoms with Gasteiger partial charge in [0.25, 0.3) is 0 Å². The SMILES string of the molecule is CC1(CC2CC2)COCC(=O)N1. The van der Waals surface area contributed by atoms with Crippen LogP contribution >= 0.6 is 0 Å². The summed E-state index contributed by atoms with van der Waals surface area (Å²) in [7, 11) is 0. The van der Waals surface area contributed by atoms with E-state index >= 15 is 0 Å². The minimum Gasteiger partial charge on any atom is -0.369 e. The van der Waals surface area contributed by atoms with Crippen molar-refractivity contribution < 1.29 is 9.53 Å². The lowest BCUT2D eigenvalue weighted by molar-refractivity contribution is -0.135. The highest BCUT2D eigenvalue weighted by Gasteiger charge is 2.36. The monoisotopic (exact) mass is 169 g/mol. The van der Waals surface area contributed by atoms with Gasteiger partial charge in [0.2, 0.25) is 5.91 Å². The molecule has 68 valence electrons. The Labute approximate surface area is 72.5 Å². The van der Waals surface area contributed by atoms with Crippen LogP contribution in [0.25, 0.3) is 0 Å². The van der Waals surface area contributed by atoms with Crippen molar-refractivity contribution in [3.8, 4) is 0 Å². The van der Waals surface area contributed by atoms with Gasteiger partial charge in [-0.15, -0.1) is 0 Å². The topological polar surface area (TPSA) is 38.3 Å².